The molecule has 0 radical (unpaired) electrons. The molecule has 2 fully saturated rings. The highest BCUT2D eigenvalue weighted by Crippen LogP contribution is 2.84. The maximum Gasteiger partial charge on any atom is 0.170 e. The van der Waals surface area contributed by atoms with E-state index in [2.05, 4.69) is 0 Å². The van der Waals surface area contributed by atoms with Crippen molar-refractivity contribution >= 4 is 139 Å². The number of allylic oxidation sites excluding steroid dienone is 8. The van der Waals surface area contributed by atoms with Crippen molar-refractivity contribution in [1.29, 1.82) is 0 Å². The van der Waals surface area contributed by atoms with Crippen LogP contribution >= 0.6 is 139 Å². The van der Waals surface area contributed by atoms with Crippen molar-refractivity contribution in [3.63, 3.8) is 0 Å². The van der Waals surface area contributed by atoms with Crippen molar-refractivity contribution in [2.45, 2.75) is 28.2 Å². The van der Waals surface area contributed by atoms with Crippen LogP contribution in [-0.4, -0.2) is 28.2 Å². The molecule has 5 aliphatic carbocycles. The molecule has 0 spiro atoms. The molecule has 4 bridgehead atoms. The van der Waals surface area contributed by atoms with E-state index in [-0.39, 0.29) is 20.1 Å². The van der Waals surface area contributed by atoms with Crippen molar-refractivity contribution in [2.24, 2.45) is 11.8 Å². The molecule has 0 aliphatic heterocycles. The average Bonchev–Trinajstić information content (AvgIpc) is 2.96. The van der Waals surface area contributed by atoms with Crippen molar-refractivity contribution in [2.75, 3.05) is 0 Å². The molecule has 0 aromatic carbocycles. The molecule has 6 atom stereocenters. The van der Waals surface area contributed by atoms with Crippen LogP contribution in [0.4, 0.5) is 0 Å². The van der Waals surface area contributed by atoms with Gasteiger partial charge in [0.1, 0.15) is 19.5 Å². The van der Waals surface area contributed by atoms with Crippen LogP contribution < -0.4 is 0 Å². The molecule has 0 N–H and O–H groups in total. The first-order valence-corrected chi connectivity index (χ1v) is 12.2. The normalized spacial score (nSPS) is 52.1. The van der Waals surface area contributed by atoms with Crippen molar-refractivity contribution < 1.29 is 0 Å². The molecule has 0 aromatic rings. The minimum atomic E-state index is -1.80. The van der Waals surface area contributed by atoms with Crippen LogP contribution in [0.2, 0.25) is 0 Å². The molecule has 5 aliphatic rings. The minimum Gasteiger partial charge on any atom is -0.109 e. The Kier molecular flexibility index (Phi) is 4.56. The highest BCUT2D eigenvalue weighted by Gasteiger charge is 2.88. The van der Waals surface area contributed by atoms with Gasteiger partial charge in [0.2, 0.25) is 0 Å². The van der Waals surface area contributed by atoms with E-state index in [0.717, 1.165) is 0 Å². The lowest BCUT2D eigenvalue weighted by Gasteiger charge is -2.45. The summed E-state index contributed by atoms with van der Waals surface area (Å²) in [5, 5.41) is 0.133. The lowest BCUT2D eigenvalue weighted by Crippen LogP contribution is -2.51. The zero-order valence-electron chi connectivity index (χ0n) is 12.8. The van der Waals surface area contributed by atoms with Gasteiger partial charge >= 0.3 is 0 Å². The Morgan fingerprint density at radius 1 is 0.500 bits per heavy atom. The van der Waals surface area contributed by atoms with E-state index in [4.69, 9.17) is 139 Å². The van der Waals surface area contributed by atoms with Gasteiger partial charge in [-0.3, -0.25) is 0 Å². The summed E-state index contributed by atoms with van der Waals surface area (Å²) in [6.45, 7) is 0. The summed E-state index contributed by atoms with van der Waals surface area (Å²) in [6, 6.07) is 0. The Balaban J connectivity index is 1.87. The van der Waals surface area contributed by atoms with E-state index in [0.29, 0.717) is 11.1 Å². The lowest BCUT2D eigenvalue weighted by atomic mass is 9.67. The number of halogens is 12. The van der Waals surface area contributed by atoms with Gasteiger partial charge in [-0.1, -0.05) is 105 Å². The third kappa shape index (κ3) is 1.72. The first kappa shape index (κ1) is 22.2. The quantitative estimate of drug-likeness (QED) is 0.237. The number of rotatable bonds is 0. The molecule has 152 valence electrons. The molecule has 0 saturated heterocycles. The van der Waals surface area contributed by atoms with E-state index < -0.39 is 40.0 Å². The van der Waals surface area contributed by atoms with Crippen LogP contribution in [0.3, 0.4) is 0 Å². The second kappa shape index (κ2) is 5.73. The smallest absolute Gasteiger partial charge is 0.109 e. The van der Waals surface area contributed by atoms with E-state index in [1.165, 1.54) is 0 Å². The molecule has 0 amide bonds. The van der Waals surface area contributed by atoms with Crippen LogP contribution in [0.1, 0.15) is 0 Å². The minimum absolute atomic E-state index is 0.0202. The first-order valence-electron chi connectivity index (χ1n) is 7.67. The van der Waals surface area contributed by atoms with Gasteiger partial charge in [0.25, 0.3) is 0 Å². The van der Waals surface area contributed by atoms with Crippen LogP contribution in [0.15, 0.2) is 43.4 Å². The molecule has 28 heavy (non-hydrogen) atoms. The summed E-state index contributed by atoms with van der Waals surface area (Å²) < 4.78 is -3.60. The third-order valence-electron chi connectivity index (χ3n) is 6.51. The van der Waals surface area contributed by atoms with Crippen LogP contribution in [0.25, 0.3) is 0 Å². The SMILES string of the molecule is ClC1=C(Cl)C2(Cl)C3C(=CC=C4C3C3(Cl)C(Cl)=C(Cl)C4(Cl)C3(Cl)Cl)C1(Cl)C2(Cl)Cl. The summed E-state index contributed by atoms with van der Waals surface area (Å²) in [7, 11) is 0. The van der Waals surface area contributed by atoms with Gasteiger partial charge in [0.15, 0.2) is 8.67 Å². The highest BCUT2D eigenvalue weighted by atomic mass is 35.5. The van der Waals surface area contributed by atoms with Gasteiger partial charge in [0, 0.05) is 11.8 Å². The summed E-state index contributed by atoms with van der Waals surface area (Å²) in [5.74, 6) is -1.49. The van der Waals surface area contributed by atoms with Gasteiger partial charge in [-0.25, -0.2) is 0 Å². The predicted octanol–water partition coefficient (Wildman–Crippen LogP) is 8.78. The monoisotopic (exact) mass is 616 g/mol. The van der Waals surface area contributed by atoms with Gasteiger partial charge < -0.3 is 0 Å². The lowest BCUT2D eigenvalue weighted by molar-refractivity contribution is 0.351. The van der Waals surface area contributed by atoms with Crippen LogP contribution in [0.5, 0.6) is 0 Å². The number of fused-ring (bicyclic) bond motifs is 11. The maximum absolute atomic E-state index is 7.01. The summed E-state index contributed by atoms with van der Waals surface area (Å²) in [5.41, 5.74) is 1.05. The predicted molar refractivity (Wildman–Crippen MR) is 124 cm³/mol. The Morgan fingerprint density at radius 3 is 1.07 bits per heavy atom. The zero-order chi connectivity index (χ0) is 21.0. The van der Waals surface area contributed by atoms with Crippen molar-refractivity contribution in [1.82, 2.24) is 0 Å². The molecule has 2 saturated carbocycles. The second-order valence-electron chi connectivity index (χ2n) is 7.34. The summed E-state index contributed by atoms with van der Waals surface area (Å²) in [4.78, 5) is -6.39. The van der Waals surface area contributed by atoms with E-state index in [1.807, 2.05) is 0 Å². The van der Waals surface area contributed by atoms with Gasteiger partial charge in [-0.2, -0.15) is 0 Å². The molecule has 0 heterocycles. The molecular formula is C16H4Cl12. The Morgan fingerprint density at radius 2 is 0.786 bits per heavy atom. The number of hydrogen-bond donors (Lipinski definition) is 0. The second-order valence-corrected chi connectivity index (χ2v) is 13.8. The summed E-state index contributed by atoms with van der Waals surface area (Å²) >= 11 is 80.4. The van der Waals surface area contributed by atoms with Crippen LogP contribution in [0, 0.1) is 11.8 Å². The summed E-state index contributed by atoms with van der Waals surface area (Å²) in [6.07, 6.45) is 3.37. The highest BCUT2D eigenvalue weighted by molar-refractivity contribution is 6.68. The molecule has 0 nitrogen and oxygen atoms in total. The first-order chi connectivity index (χ1) is 12.6. The van der Waals surface area contributed by atoms with Crippen LogP contribution in [-0.2, 0) is 0 Å². The van der Waals surface area contributed by atoms with Crippen molar-refractivity contribution in [3.8, 4) is 0 Å². The fraction of sp³-hybridized carbons (Fsp3) is 0.500. The molecule has 6 unspecified atom stereocenters. The van der Waals surface area contributed by atoms with E-state index >= 15 is 0 Å². The molecule has 12 heteroatoms. The van der Waals surface area contributed by atoms with Crippen molar-refractivity contribution in [3.05, 3.63) is 43.4 Å². The zero-order valence-corrected chi connectivity index (χ0v) is 21.9. The largest absolute Gasteiger partial charge is 0.170 e. The maximum atomic E-state index is 7.01. The standard InChI is InChI=1S/C16H4Cl12/c17-7-9(19)13(23)5-3(11(7,21)15(13,25)26)1-2-4-6(5)14(24)10(20)8(18)12(4,22)16(14,27)28/h1-2,5-6H. The Bertz CT molecular complexity index is 923. The van der Waals surface area contributed by atoms with E-state index in [9.17, 15) is 0 Å². The fourth-order valence-electron chi connectivity index (χ4n) is 5.25. The topological polar surface area (TPSA) is 0 Å². The fourth-order valence-corrected chi connectivity index (χ4v) is 11.0. The Hall–Kier alpha value is 2.44. The van der Waals surface area contributed by atoms with Gasteiger partial charge in [-0.05, 0) is 11.1 Å². The third-order valence-corrected chi connectivity index (χ3v) is 14.9. The molecule has 0 aromatic heterocycles. The molecule has 5 rings (SSSR count). The van der Waals surface area contributed by atoms with E-state index in [1.54, 1.807) is 12.2 Å². The van der Waals surface area contributed by atoms with Gasteiger partial charge in [0.05, 0.1) is 20.1 Å². The van der Waals surface area contributed by atoms with Gasteiger partial charge in [-0.15, -0.1) is 46.4 Å². The molecular weight excluding hydrogens is 618 g/mol. The average molecular weight is 622 g/mol. The Labute approximate surface area is 220 Å². The number of hydrogen-bond acceptors (Lipinski definition) is 0. The number of alkyl halides is 8.